The largest absolute Gasteiger partial charge is 0.469 e. The summed E-state index contributed by atoms with van der Waals surface area (Å²) in [5.74, 6) is 1.03. The molecule has 3 heteroatoms. The number of hydrogen-bond donors (Lipinski definition) is 0. The van der Waals surface area contributed by atoms with Crippen LogP contribution in [0.15, 0.2) is 22.8 Å². The highest BCUT2D eigenvalue weighted by Crippen LogP contribution is 2.12. The SMILES string of the molecule is COC(=O)CCCCCCCCCCCc1ccco1. The van der Waals surface area contributed by atoms with Crippen molar-refractivity contribution < 1.29 is 13.9 Å². The predicted molar refractivity (Wildman–Crippen MR) is 80.6 cm³/mol. The van der Waals surface area contributed by atoms with Crippen LogP contribution >= 0.6 is 0 Å². The molecule has 0 unspecified atom stereocenters. The molecule has 0 aliphatic heterocycles. The molecule has 0 amide bonds. The molecule has 0 aliphatic rings. The van der Waals surface area contributed by atoms with Crippen LogP contribution in [0, 0.1) is 0 Å². The van der Waals surface area contributed by atoms with E-state index in [-0.39, 0.29) is 5.97 Å². The molecule has 0 saturated carbocycles. The Kier molecular flexibility index (Phi) is 9.72. The zero-order valence-corrected chi connectivity index (χ0v) is 12.7. The fourth-order valence-electron chi connectivity index (χ4n) is 2.36. The molecule has 0 fully saturated rings. The molecular formula is C17H28O3. The van der Waals surface area contributed by atoms with E-state index < -0.39 is 0 Å². The topological polar surface area (TPSA) is 39.4 Å². The van der Waals surface area contributed by atoms with Crippen LogP contribution in [0.2, 0.25) is 0 Å². The van der Waals surface area contributed by atoms with Gasteiger partial charge in [0.25, 0.3) is 0 Å². The van der Waals surface area contributed by atoms with Crippen LogP contribution in [-0.4, -0.2) is 13.1 Å². The Morgan fingerprint density at radius 2 is 1.60 bits per heavy atom. The zero-order valence-electron chi connectivity index (χ0n) is 12.7. The predicted octanol–water partition coefficient (Wildman–Crippen LogP) is 4.90. The number of furan rings is 1. The van der Waals surface area contributed by atoms with Crippen LogP contribution < -0.4 is 0 Å². The van der Waals surface area contributed by atoms with Gasteiger partial charge in [-0.15, -0.1) is 0 Å². The summed E-state index contributed by atoms with van der Waals surface area (Å²) >= 11 is 0. The maximum Gasteiger partial charge on any atom is 0.305 e. The van der Waals surface area contributed by atoms with Gasteiger partial charge in [-0.25, -0.2) is 0 Å². The standard InChI is InChI=1S/C17H28O3/c1-19-17(18)14-10-8-6-4-2-3-5-7-9-12-16-13-11-15-20-16/h11,13,15H,2-10,12,14H2,1H3. The summed E-state index contributed by atoms with van der Waals surface area (Å²) in [6, 6.07) is 4.00. The fourth-order valence-corrected chi connectivity index (χ4v) is 2.36. The molecular weight excluding hydrogens is 252 g/mol. The van der Waals surface area contributed by atoms with Crippen molar-refractivity contribution in [1.82, 2.24) is 0 Å². The number of ether oxygens (including phenoxy) is 1. The lowest BCUT2D eigenvalue weighted by atomic mass is 10.1. The third-order valence-electron chi connectivity index (χ3n) is 3.61. The smallest absolute Gasteiger partial charge is 0.305 e. The van der Waals surface area contributed by atoms with Gasteiger partial charge >= 0.3 is 5.97 Å². The summed E-state index contributed by atoms with van der Waals surface area (Å²) < 4.78 is 9.92. The molecule has 0 aliphatic carbocycles. The number of carbonyl (C=O) groups excluding carboxylic acids is 1. The minimum atomic E-state index is -0.0819. The molecule has 0 aromatic carbocycles. The Hall–Kier alpha value is -1.25. The molecule has 0 spiro atoms. The fraction of sp³-hybridized carbons (Fsp3) is 0.706. The number of methoxy groups -OCH3 is 1. The molecule has 1 heterocycles. The van der Waals surface area contributed by atoms with Crippen molar-refractivity contribution in [2.45, 2.75) is 70.6 Å². The van der Waals surface area contributed by atoms with Crippen LogP contribution in [0.5, 0.6) is 0 Å². The molecule has 0 bridgehead atoms. The number of unbranched alkanes of at least 4 members (excludes halogenated alkanes) is 8. The summed E-state index contributed by atoms with van der Waals surface area (Å²) in [6.45, 7) is 0. The molecule has 3 nitrogen and oxygen atoms in total. The van der Waals surface area contributed by atoms with Crippen LogP contribution in [0.25, 0.3) is 0 Å². The third kappa shape index (κ3) is 8.78. The lowest BCUT2D eigenvalue weighted by Crippen LogP contribution is -1.99. The van der Waals surface area contributed by atoms with E-state index in [1.54, 1.807) is 6.26 Å². The molecule has 0 N–H and O–H groups in total. The zero-order chi connectivity index (χ0) is 14.5. The van der Waals surface area contributed by atoms with Gasteiger partial charge in [-0.05, 0) is 25.0 Å². The van der Waals surface area contributed by atoms with Crippen molar-refractivity contribution in [3.63, 3.8) is 0 Å². The van der Waals surface area contributed by atoms with E-state index in [0.29, 0.717) is 6.42 Å². The first kappa shape index (κ1) is 16.8. The van der Waals surface area contributed by atoms with Crippen molar-refractivity contribution in [1.29, 1.82) is 0 Å². The number of hydrogen-bond acceptors (Lipinski definition) is 3. The summed E-state index contributed by atoms with van der Waals surface area (Å²) in [5, 5.41) is 0. The van der Waals surface area contributed by atoms with Crippen molar-refractivity contribution in [3.8, 4) is 0 Å². The Morgan fingerprint density at radius 1 is 1.00 bits per heavy atom. The third-order valence-corrected chi connectivity index (χ3v) is 3.61. The van der Waals surface area contributed by atoms with Crippen molar-refractivity contribution >= 4 is 5.97 Å². The van der Waals surface area contributed by atoms with Crippen molar-refractivity contribution in [3.05, 3.63) is 24.2 Å². The van der Waals surface area contributed by atoms with Gasteiger partial charge in [0, 0.05) is 12.8 Å². The van der Waals surface area contributed by atoms with Gasteiger partial charge in [-0.1, -0.05) is 44.9 Å². The maximum absolute atomic E-state index is 10.9. The Balaban J connectivity index is 1.75. The summed E-state index contributed by atoms with van der Waals surface area (Å²) in [4.78, 5) is 10.9. The van der Waals surface area contributed by atoms with Crippen molar-refractivity contribution in [2.75, 3.05) is 7.11 Å². The Morgan fingerprint density at radius 3 is 2.15 bits per heavy atom. The van der Waals surface area contributed by atoms with E-state index in [2.05, 4.69) is 4.74 Å². The quantitative estimate of drug-likeness (QED) is 0.404. The van der Waals surface area contributed by atoms with Crippen LogP contribution in [0.1, 0.15) is 70.0 Å². The van der Waals surface area contributed by atoms with E-state index in [4.69, 9.17) is 4.42 Å². The number of esters is 1. The normalized spacial score (nSPS) is 10.7. The molecule has 1 rings (SSSR count). The van der Waals surface area contributed by atoms with Crippen LogP contribution in [-0.2, 0) is 16.0 Å². The minimum absolute atomic E-state index is 0.0819. The first-order valence-corrected chi connectivity index (χ1v) is 7.92. The highest BCUT2D eigenvalue weighted by Gasteiger charge is 1.99. The molecule has 20 heavy (non-hydrogen) atoms. The second-order valence-electron chi connectivity index (χ2n) is 5.34. The Bertz CT molecular complexity index is 330. The maximum atomic E-state index is 10.9. The first-order chi connectivity index (χ1) is 9.83. The average Bonchev–Trinajstić information content (AvgIpc) is 2.97. The number of rotatable bonds is 12. The molecule has 0 saturated heterocycles. The van der Waals surface area contributed by atoms with E-state index in [0.717, 1.165) is 25.0 Å². The number of carbonyl (C=O) groups is 1. The van der Waals surface area contributed by atoms with Gasteiger partial charge in [0.05, 0.1) is 13.4 Å². The van der Waals surface area contributed by atoms with Gasteiger partial charge < -0.3 is 9.15 Å². The lowest BCUT2D eigenvalue weighted by Gasteiger charge is -2.02. The second-order valence-corrected chi connectivity index (χ2v) is 5.34. The molecule has 1 aromatic heterocycles. The van der Waals surface area contributed by atoms with Gasteiger partial charge in [-0.3, -0.25) is 4.79 Å². The van der Waals surface area contributed by atoms with Crippen LogP contribution in [0.4, 0.5) is 0 Å². The van der Waals surface area contributed by atoms with E-state index in [9.17, 15) is 4.79 Å². The lowest BCUT2D eigenvalue weighted by molar-refractivity contribution is -0.140. The highest BCUT2D eigenvalue weighted by molar-refractivity contribution is 5.68. The van der Waals surface area contributed by atoms with E-state index >= 15 is 0 Å². The number of aryl methyl sites for hydroxylation is 1. The molecule has 114 valence electrons. The van der Waals surface area contributed by atoms with Gasteiger partial charge in [0.2, 0.25) is 0 Å². The Labute approximate surface area is 122 Å². The highest BCUT2D eigenvalue weighted by atomic mass is 16.5. The molecule has 0 radical (unpaired) electrons. The summed E-state index contributed by atoms with van der Waals surface area (Å²) in [5.41, 5.74) is 0. The molecule has 0 atom stereocenters. The van der Waals surface area contributed by atoms with Crippen molar-refractivity contribution in [2.24, 2.45) is 0 Å². The van der Waals surface area contributed by atoms with Crippen LogP contribution in [0.3, 0.4) is 0 Å². The summed E-state index contributed by atoms with van der Waals surface area (Å²) in [6.07, 6.45) is 14.5. The molecule has 1 aromatic rings. The van der Waals surface area contributed by atoms with Gasteiger partial charge in [0.1, 0.15) is 5.76 Å². The van der Waals surface area contributed by atoms with E-state index in [1.165, 1.54) is 52.1 Å². The first-order valence-electron chi connectivity index (χ1n) is 7.92. The van der Waals surface area contributed by atoms with Gasteiger partial charge in [0.15, 0.2) is 0 Å². The average molecular weight is 280 g/mol. The van der Waals surface area contributed by atoms with Gasteiger partial charge in [-0.2, -0.15) is 0 Å². The second kappa shape index (κ2) is 11.6. The minimum Gasteiger partial charge on any atom is -0.469 e. The monoisotopic (exact) mass is 280 g/mol. The van der Waals surface area contributed by atoms with E-state index in [1.807, 2.05) is 12.1 Å². The summed E-state index contributed by atoms with van der Waals surface area (Å²) in [7, 11) is 1.45.